The highest BCUT2D eigenvalue weighted by Crippen LogP contribution is 2.30. The summed E-state index contributed by atoms with van der Waals surface area (Å²) in [5, 5.41) is 10.7. The normalized spacial score (nSPS) is 20.7. The first-order valence-corrected chi connectivity index (χ1v) is 8.26. The Hall–Kier alpha value is -1.70. The van der Waals surface area contributed by atoms with E-state index in [2.05, 4.69) is 4.98 Å². The molecule has 2 heterocycles. The molecule has 3 N–H and O–H groups in total. The fourth-order valence-corrected chi connectivity index (χ4v) is 4.46. The van der Waals surface area contributed by atoms with Gasteiger partial charge in [0.05, 0.1) is 4.90 Å². The molecule has 2 aromatic rings. The smallest absolute Gasteiger partial charge is 0.243 e. The minimum absolute atomic E-state index is 0.126. The van der Waals surface area contributed by atoms with Crippen molar-refractivity contribution in [3.05, 3.63) is 30.5 Å². The number of nitrogens with zero attached hydrogens (tertiary/aromatic N) is 2. The van der Waals surface area contributed by atoms with Crippen LogP contribution in [0, 0.1) is 0 Å². The molecule has 6 nitrogen and oxygen atoms in total. The lowest BCUT2D eigenvalue weighted by Crippen LogP contribution is -2.45. The zero-order valence-electron chi connectivity index (χ0n) is 11.4. The minimum Gasteiger partial charge on any atom is -0.493 e. The lowest BCUT2D eigenvalue weighted by molar-refractivity contribution is 0.316. The second kappa shape index (κ2) is 5.25. The molecule has 21 heavy (non-hydrogen) atoms. The maximum atomic E-state index is 12.8. The molecule has 3 rings (SSSR count). The van der Waals surface area contributed by atoms with Crippen LogP contribution in [-0.4, -0.2) is 41.9 Å². The summed E-state index contributed by atoms with van der Waals surface area (Å²) in [7, 11) is -3.62. The van der Waals surface area contributed by atoms with Crippen molar-refractivity contribution in [2.75, 3.05) is 13.1 Å². The number of rotatable bonds is 2. The highest BCUT2D eigenvalue weighted by molar-refractivity contribution is 7.89. The van der Waals surface area contributed by atoms with Gasteiger partial charge in [-0.15, -0.1) is 0 Å². The number of aromatic hydroxyl groups is 1. The van der Waals surface area contributed by atoms with Crippen molar-refractivity contribution < 1.29 is 13.5 Å². The van der Waals surface area contributed by atoms with Gasteiger partial charge in [-0.25, -0.2) is 13.4 Å². The predicted molar refractivity (Wildman–Crippen MR) is 79.4 cm³/mol. The fourth-order valence-electron chi connectivity index (χ4n) is 2.72. The van der Waals surface area contributed by atoms with Crippen LogP contribution in [0.2, 0.25) is 0 Å². The summed E-state index contributed by atoms with van der Waals surface area (Å²) >= 11 is 0. The first-order valence-electron chi connectivity index (χ1n) is 6.82. The van der Waals surface area contributed by atoms with E-state index in [9.17, 15) is 13.5 Å². The monoisotopic (exact) mass is 307 g/mol. The van der Waals surface area contributed by atoms with Gasteiger partial charge >= 0.3 is 0 Å². The fraction of sp³-hybridized carbons (Fsp3) is 0.357. The molecule has 0 aliphatic carbocycles. The molecular weight excluding hydrogens is 290 g/mol. The van der Waals surface area contributed by atoms with Crippen LogP contribution in [0.4, 0.5) is 0 Å². The van der Waals surface area contributed by atoms with E-state index in [-0.39, 0.29) is 16.8 Å². The van der Waals surface area contributed by atoms with Gasteiger partial charge in [0.15, 0.2) is 0 Å². The molecule has 1 saturated heterocycles. The predicted octanol–water partition coefficient (Wildman–Crippen LogP) is 1.05. The molecule has 0 saturated carbocycles. The number of pyridine rings is 1. The Morgan fingerprint density at radius 1 is 1.29 bits per heavy atom. The summed E-state index contributed by atoms with van der Waals surface area (Å²) < 4.78 is 27.1. The summed E-state index contributed by atoms with van der Waals surface area (Å²) in [6.45, 7) is 0.805. The van der Waals surface area contributed by atoms with Crippen molar-refractivity contribution in [2.24, 2.45) is 5.73 Å². The second-order valence-corrected chi connectivity index (χ2v) is 7.16. The van der Waals surface area contributed by atoms with Gasteiger partial charge in [0.2, 0.25) is 15.9 Å². The van der Waals surface area contributed by atoms with Crippen LogP contribution < -0.4 is 5.73 Å². The quantitative estimate of drug-likeness (QED) is 0.864. The van der Waals surface area contributed by atoms with Crippen molar-refractivity contribution in [2.45, 2.75) is 23.8 Å². The van der Waals surface area contributed by atoms with Crippen molar-refractivity contribution >= 4 is 20.8 Å². The van der Waals surface area contributed by atoms with Gasteiger partial charge in [0, 0.05) is 36.1 Å². The third-order valence-electron chi connectivity index (χ3n) is 3.78. The zero-order valence-corrected chi connectivity index (χ0v) is 12.3. The van der Waals surface area contributed by atoms with E-state index in [1.807, 2.05) is 0 Å². The van der Waals surface area contributed by atoms with E-state index in [1.54, 1.807) is 24.3 Å². The number of hydrogen-bond acceptors (Lipinski definition) is 5. The van der Waals surface area contributed by atoms with Crippen LogP contribution in [0.25, 0.3) is 10.8 Å². The third-order valence-corrected chi connectivity index (χ3v) is 5.71. The Labute approximate surface area is 123 Å². The van der Waals surface area contributed by atoms with E-state index in [0.29, 0.717) is 23.9 Å². The molecule has 1 aromatic heterocycles. The molecule has 1 unspecified atom stereocenters. The molecule has 1 fully saturated rings. The number of nitrogens with two attached hydrogens (primary N) is 1. The molecule has 0 amide bonds. The first kappa shape index (κ1) is 14.2. The molecule has 7 heteroatoms. The van der Waals surface area contributed by atoms with E-state index >= 15 is 0 Å². The summed E-state index contributed by atoms with van der Waals surface area (Å²) in [5.41, 5.74) is 5.88. The number of benzene rings is 1. The Morgan fingerprint density at radius 3 is 2.86 bits per heavy atom. The second-order valence-electron chi connectivity index (χ2n) is 5.25. The van der Waals surface area contributed by atoms with Gasteiger partial charge in [0.1, 0.15) is 0 Å². The largest absolute Gasteiger partial charge is 0.493 e. The van der Waals surface area contributed by atoms with E-state index < -0.39 is 10.0 Å². The summed E-state index contributed by atoms with van der Waals surface area (Å²) in [4.78, 5) is 3.97. The van der Waals surface area contributed by atoms with Crippen molar-refractivity contribution in [1.29, 1.82) is 0 Å². The standard InChI is InChI=1S/C14H17N3O3S/c15-10-3-2-8-17(9-10)21(19,20)13-5-1-4-12-11(13)6-7-16-14(12)18/h1,4-7,10H,2-3,8-9,15H2,(H,16,18). The maximum Gasteiger partial charge on any atom is 0.243 e. The zero-order chi connectivity index (χ0) is 15.0. The number of aromatic nitrogens is 1. The topological polar surface area (TPSA) is 96.5 Å². The van der Waals surface area contributed by atoms with Crippen LogP contribution in [0.3, 0.4) is 0 Å². The minimum atomic E-state index is -3.62. The van der Waals surface area contributed by atoms with Crippen LogP contribution in [0.15, 0.2) is 35.4 Å². The third kappa shape index (κ3) is 2.48. The van der Waals surface area contributed by atoms with Crippen molar-refractivity contribution in [1.82, 2.24) is 9.29 Å². The SMILES string of the molecule is NC1CCCN(S(=O)(=O)c2cccc3c(O)nccc23)C1. The summed E-state index contributed by atoms with van der Waals surface area (Å²) in [6, 6.07) is 6.29. The Balaban J connectivity index is 2.13. The average molecular weight is 307 g/mol. The molecule has 0 bridgehead atoms. The number of fused-ring (bicyclic) bond motifs is 1. The van der Waals surface area contributed by atoms with Crippen molar-refractivity contribution in [3.8, 4) is 5.88 Å². The molecule has 1 aromatic carbocycles. The van der Waals surface area contributed by atoms with Gasteiger partial charge < -0.3 is 10.8 Å². The molecule has 112 valence electrons. The highest BCUT2D eigenvalue weighted by Gasteiger charge is 2.30. The van der Waals surface area contributed by atoms with Crippen LogP contribution >= 0.6 is 0 Å². The average Bonchev–Trinajstić information content (AvgIpc) is 2.47. The number of hydrogen-bond donors (Lipinski definition) is 2. The molecular formula is C14H17N3O3S. The van der Waals surface area contributed by atoms with E-state index in [1.165, 1.54) is 10.5 Å². The molecule has 1 aliphatic rings. The van der Waals surface area contributed by atoms with Gasteiger partial charge in [-0.3, -0.25) is 0 Å². The molecule has 0 radical (unpaired) electrons. The van der Waals surface area contributed by atoms with Gasteiger partial charge in [-0.2, -0.15) is 4.31 Å². The van der Waals surface area contributed by atoms with Crippen LogP contribution in [-0.2, 0) is 10.0 Å². The van der Waals surface area contributed by atoms with Gasteiger partial charge in [-0.1, -0.05) is 6.07 Å². The first-order chi connectivity index (χ1) is 10.00. The van der Waals surface area contributed by atoms with Crippen molar-refractivity contribution in [3.63, 3.8) is 0 Å². The van der Waals surface area contributed by atoms with E-state index in [0.717, 1.165) is 12.8 Å². The molecule has 1 atom stereocenters. The molecule has 0 spiro atoms. The lowest BCUT2D eigenvalue weighted by atomic mass is 10.1. The highest BCUT2D eigenvalue weighted by atomic mass is 32.2. The number of piperidine rings is 1. The van der Waals surface area contributed by atoms with E-state index in [4.69, 9.17) is 5.73 Å². The Kier molecular flexibility index (Phi) is 3.56. The maximum absolute atomic E-state index is 12.8. The van der Waals surface area contributed by atoms with Gasteiger partial charge in [-0.05, 0) is 31.0 Å². The van der Waals surface area contributed by atoms with Crippen LogP contribution in [0.1, 0.15) is 12.8 Å². The lowest BCUT2D eigenvalue weighted by Gasteiger charge is -2.30. The molecule has 1 aliphatic heterocycles. The van der Waals surface area contributed by atoms with Gasteiger partial charge in [0.25, 0.3) is 0 Å². The Bertz CT molecular complexity index is 776. The summed E-state index contributed by atoms with van der Waals surface area (Å²) in [5.74, 6) is -0.167. The Morgan fingerprint density at radius 2 is 2.10 bits per heavy atom. The summed E-state index contributed by atoms with van der Waals surface area (Å²) in [6.07, 6.45) is 3.00. The number of sulfonamides is 1. The van der Waals surface area contributed by atoms with Crippen LogP contribution in [0.5, 0.6) is 5.88 Å².